The molecule has 0 heterocycles. The van der Waals surface area contributed by atoms with Gasteiger partial charge in [0.15, 0.2) is 11.5 Å². The van der Waals surface area contributed by atoms with E-state index in [1.54, 1.807) is 32.4 Å². The van der Waals surface area contributed by atoms with Crippen LogP contribution >= 0.6 is 0 Å². The third kappa shape index (κ3) is 5.35. The molecule has 0 bridgehead atoms. The van der Waals surface area contributed by atoms with Crippen LogP contribution in [-0.2, 0) is 21.2 Å². The Hall–Kier alpha value is -2.78. The third-order valence-electron chi connectivity index (χ3n) is 3.84. The number of primary sulfonamides is 1. The Labute approximate surface area is 158 Å². The van der Waals surface area contributed by atoms with Crippen molar-refractivity contribution >= 4 is 21.6 Å². The molecule has 0 saturated carbocycles. The fourth-order valence-electron chi connectivity index (χ4n) is 2.49. The van der Waals surface area contributed by atoms with Crippen molar-refractivity contribution in [3.05, 3.63) is 42.0 Å². The minimum Gasteiger partial charge on any atom is -0.495 e. The molecule has 27 heavy (non-hydrogen) atoms. The Kier molecular flexibility index (Phi) is 6.65. The van der Waals surface area contributed by atoms with Crippen molar-refractivity contribution < 1.29 is 27.4 Å². The van der Waals surface area contributed by atoms with Gasteiger partial charge in [0.25, 0.3) is 0 Å². The van der Waals surface area contributed by atoms with Crippen molar-refractivity contribution in [1.82, 2.24) is 0 Å². The van der Waals surface area contributed by atoms with Crippen LogP contribution in [0.2, 0.25) is 0 Å². The Bertz CT molecular complexity index is 927. The van der Waals surface area contributed by atoms with Crippen LogP contribution in [0, 0.1) is 0 Å². The number of hydrogen-bond acceptors (Lipinski definition) is 6. The number of methoxy groups -OCH3 is 3. The average molecular weight is 394 g/mol. The highest BCUT2D eigenvalue weighted by Crippen LogP contribution is 2.28. The molecule has 0 aliphatic carbocycles. The van der Waals surface area contributed by atoms with E-state index in [4.69, 9.17) is 19.3 Å². The van der Waals surface area contributed by atoms with E-state index in [0.29, 0.717) is 23.6 Å². The summed E-state index contributed by atoms with van der Waals surface area (Å²) in [6.45, 7) is 0. The summed E-state index contributed by atoms with van der Waals surface area (Å²) in [5.74, 6) is 1.04. The number of rotatable bonds is 8. The Balaban J connectivity index is 2.06. The summed E-state index contributed by atoms with van der Waals surface area (Å²) in [6.07, 6.45) is 0.677. The van der Waals surface area contributed by atoms with E-state index in [9.17, 15) is 13.2 Å². The SMILES string of the molecule is COc1ccc(CCC(=O)Nc2ccc(OC)c(S(N)(=O)=O)c2)cc1OC. The van der Waals surface area contributed by atoms with Gasteiger partial charge in [-0.15, -0.1) is 0 Å². The molecule has 0 spiro atoms. The number of amides is 1. The van der Waals surface area contributed by atoms with E-state index < -0.39 is 10.0 Å². The summed E-state index contributed by atoms with van der Waals surface area (Å²) >= 11 is 0. The van der Waals surface area contributed by atoms with Gasteiger partial charge < -0.3 is 19.5 Å². The van der Waals surface area contributed by atoms with Crippen LogP contribution in [0.5, 0.6) is 17.2 Å². The predicted molar refractivity (Wildman–Crippen MR) is 101 cm³/mol. The van der Waals surface area contributed by atoms with Gasteiger partial charge >= 0.3 is 0 Å². The molecule has 0 fully saturated rings. The number of benzene rings is 2. The minimum atomic E-state index is -3.98. The van der Waals surface area contributed by atoms with Crippen LogP contribution in [0.4, 0.5) is 5.69 Å². The lowest BCUT2D eigenvalue weighted by Gasteiger charge is -2.11. The molecule has 2 rings (SSSR count). The van der Waals surface area contributed by atoms with Crippen molar-refractivity contribution in [2.45, 2.75) is 17.7 Å². The maximum Gasteiger partial charge on any atom is 0.241 e. The fraction of sp³-hybridized carbons (Fsp3) is 0.278. The van der Waals surface area contributed by atoms with E-state index in [0.717, 1.165) is 5.56 Å². The molecule has 8 nitrogen and oxygen atoms in total. The molecule has 0 atom stereocenters. The van der Waals surface area contributed by atoms with Crippen molar-refractivity contribution in [3.63, 3.8) is 0 Å². The summed E-state index contributed by atoms with van der Waals surface area (Å²) in [7, 11) is 0.457. The molecule has 9 heteroatoms. The molecule has 0 unspecified atom stereocenters. The molecule has 146 valence electrons. The monoisotopic (exact) mass is 394 g/mol. The zero-order valence-corrected chi connectivity index (χ0v) is 16.1. The quantitative estimate of drug-likeness (QED) is 0.707. The van der Waals surface area contributed by atoms with Gasteiger partial charge in [-0.1, -0.05) is 6.07 Å². The van der Waals surface area contributed by atoms with Gasteiger partial charge in [-0.3, -0.25) is 4.79 Å². The van der Waals surface area contributed by atoms with Crippen LogP contribution < -0.4 is 24.7 Å². The van der Waals surface area contributed by atoms with Gasteiger partial charge in [0.1, 0.15) is 10.6 Å². The van der Waals surface area contributed by atoms with E-state index in [1.165, 1.54) is 19.2 Å². The molecule has 3 N–H and O–H groups in total. The zero-order chi connectivity index (χ0) is 20.0. The maximum atomic E-state index is 12.2. The van der Waals surface area contributed by atoms with Gasteiger partial charge in [0.2, 0.25) is 15.9 Å². The first-order chi connectivity index (χ1) is 12.8. The van der Waals surface area contributed by atoms with Crippen LogP contribution in [0.15, 0.2) is 41.3 Å². The largest absolute Gasteiger partial charge is 0.495 e. The topological polar surface area (TPSA) is 117 Å². The van der Waals surface area contributed by atoms with Gasteiger partial charge in [-0.05, 0) is 42.3 Å². The van der Waals surface area contributed by atoms with Crippen molar-refractivity contribution in [3.8, 4) is 17.2 Å². The lowest BCUT2D eigenvalue weighted by molar-refractivity contribution is -0.116. The number of nitrogens with two attached hydrogens (primary N) is 1. The van der Waals surface area contributed by atoms with Gasteiger partial charge in [-0.25, -0.2) is 13.6 Å². The van der Waals surface area contributed by atoms with Gasteiger partial charge in [0.05, 0.1) is 21.3 Å². The molecule has 0 aliphatic heterocycles. The Morgan fingerprint density at radius 3 is 2.19 bits per heavy atom. The van der Waals surface area contributed by atoms with Crippen molar-refractivity contribution in [1.29, 1.82) is 0 Å². The molecule has 0 aromatic heterocycles. The number of ether oxygens (including phenoxy) is 3. The first-order valence-corrected chi connectivity index (χ1v) is 9.54. The van der Waals surface area contributed by atoms with Gasteiger partial charge in [-0.2, -0.15) is 0 Å². The van der Waals surface area contributed by atoms with E-state index >= 15 is 0 Å². The maximum absolute atomic E-state index is 12.2. The normalized spacial score (nSPS) is 11.0. The Morgan fingerprint density at radius 2 is 1.59 bits per heavy atom. The number of carbonyl (C=O) groups is 1. The lowest BCUT2D eigenvalue weighted by Crippen LogP contribution is -2.16. The predicted octanol–water partition coefficient (Wildman–Crippen LogP) is 1.93. The summed E-state index contributed by atoms with van der Waals surface area (Å²) in [4.78, 5) is 12.0. The number of hydrogen-bond donors (Lipinski definition) is 2. The number of sulfonamides is 1. The second kappa shape index (κ2) is 8.74. The van der Waals surface area contributed by atoms with Gasteiger partial charge in [0, 0.05) is 12.1 Å². The van der Waals surface area contributed by atoms with Crippen LogP contribution in [0.25, 0.3) is 0 Å². The number of carbonyl (C=O) groups excluding carboxylic acids is 1. The number of aryl methyl sites for hydroxylation is 1. The minimum absolute atomic E-state index is 0.112. The van der Waals surface area contributed by atoms with Crippen LogP contribution in [-0.4, -0.2) is 35.7 Å². The van der Waals surface area contributed by atoms with Crippen LogP contribution in [0.1, 0.15) is 12.0 Å². The van der Waals surface area contributed by atoms with E-state index in [-0.39, 0.29) is 23.0 Å². The molecular formula is C18H22N2O6S. The zero-order valence-electron chi connectivity index (χ0n) is 15.3. The molecule has 2 aromatic rings. The molecule has 0 saturated heterocycles. The fourth-order valence-corrected chi connectivity index (χ4v) is 3.22. The standard InChI is InChI=1S/C18H22N2O6S/c1-24-14-7-4-12(10-16(14)26-3)5-9-18(21)20-13-6-8-15(25-2)17(11-13)27(19,22)23/h4,6-8,10-11H,5,9H2,1-3H3,(H,20,21)(H2,19,22,23). The highest BCUT2D eigenvalue weighted by Gasteiger charge is 2.16. The molecule has 0 radical (unpaired) electrons. The molecule has 2 aromatic carbocycles. The highest BCUT2D eigenvalue weighted by atomic mass is 32.2. The van der Waals surface area contributed by atoms with E-state index in [1.807, 2.05) is 6.07 Å². The third-order valence-corrected chi connectivity index (χ3v) is 4.77. The molecular weight excluding hydrogens is 372 g/mol. The second-order valence-electron chi connectivity index (χ2n) is 5.65. The number of anilines is 1. The van der Waals surface area contributed by atoms with E-state index in [2.05, 4.69) is 5.32 Å². The summed E-state index contributed by atoms with van der Waals surface area (Å²) in [5.41, 5.74) is 1.22. The lowest BCUT2D eigenvalue weighted by atomic mass is 10.1. The first kappa shape index (κ1) is 20.5. The smallest absolute Gasteiger partial charge is 0.241 e. The van der Waals surface area contributed by atoms with Crippen LogP contribution in [0.3, 0.4) is 0 Å². The average Bonchev–Trinajstić information content (AvgIpc) is 2.65. The Morgan fingerprint density at radius 1 is 0.963 bits per heavy atom. The first-order valence-electron chi connectivity index (χ1n) is 8.00. The summed E-state index contributed by atoms with van der Waals surface area (Å²) in [6, 6.07) is 9.67. The van der Waals surface area contributed by atoms with Crippen molar-refractivity contribution in [2.24, 2.45) is 5.14 Å². The van der Waals surface area contributed by atoms with Crippen molar-refractivity contribution in [2.75, 3.05) is 26.6 Å². The molecule has 1 amide bonds. The summed E-state index contributed by atoms with van der Waals surface area (Å²) in [5, 5.41) is 7.83. The summed E-state index contributed by atoms with van der Waals surface area (Å²) < 4.78 is 38.7. The molecule has 0 aliphatic rings. The highest BCUT2D eigenvalue weighted by molar-refractivity contribution is 7.89. The number of nitrogens with one attached hydrogen (secondary N) is 1. The second-order valence-corrected chi connectivity index (χ2v) is 7.18.